The smallest absolute Gasteiger partial charge is 0.431 e. The number of rotatable bonds is 2. The van der Waals surface area contributed by atoms with Gasteiger partial charge in [-0.3, -0.25) is 4.90 Å². The molecule has 160 valence electrons. The van der Waals surface area contributed by atoms with Gasteiger partial charge in [0.15, 0.2) is 0 Å². The topological polar surface area (TPSA) is 89.3 Å². The minimum absolute atomic E-state index is 0.0294. The number of hydrogen-bond donors (Lipinski definition) is 2. The fourth-order valence-corrected chi connectivity index (χ4v) is 3.58. The average molecular weight is 421 g/mol. The van der Waals surface area contributed by atoms with E-state index >= 15 is 0 Å². The second-order valence-electron chi connectivity index (χ2n) is 7.29. The molecular formula is C20H22F3N5O2. The molecule has 2 aliphatic heterocycles. The van der Waals surface area contributed by atoms with Gasteiger partial charge in [0, 0.05) is 26.2 Å². The monoisotopic (exact) mass is 421 g/mol. The second-order valence-corrected chi connectivity index (χ2v) is 7.29. The van der Waals surface area contributed by atoms with Crippen LogP contribution in [0, 0.1) is 0 Å². The first-order chi connectivity index (χ1) is 14.3. The number of aromatic nitrogens is 3. The van der Waals surface area contributed by atoms with Crippen LogP contribution in [0.15, 0.2) is 36.7 Å². The summed E-state index contributed by atoms with van der Waals surface area (Å²) in [5.41, 5.74) is 5.92. The number of para-hydroxylation sites is 1. The van der Waals surface area contributed by atoms with E-state index in [9.17, 15) is 13.2 Å². The Morgan fingerprint density at radius 2 is 2.00 bits per heavy atom. The summed E-state index contributed by atoms with van der Waals surface area (Å²) in [5, 5.41) is 0.180. The molecule has 1 unspecified atom stereocenters. The number of aromatic amines is 1. The van der Waals surface area contributed by atoms with Crippen LogP contribution >= 0.6 is 0 Å². The summed E-state index contributed by atoms with van der Waals surface area (Å²) >= 11 is 0. The van der Waals surface area contributed by atoms with E-state index in [1.807, 2.05) is 6.07 Å². The van der Waals surface area contributed by atoms with Crippen LogP contribution in [0.2, 0.25) is 0 Å². The van der Waals surface area contributed by atoms with E-state index in [2.05, 4.69) is 38.1 Å². The van der Waals surface area contributed by atoms with Crippen LogP contribution in [0.5, 0.6) is 5.75 Å². The van der Waals surface area contributed by atoms with Gasteiger partial charge in [-0.2, -0.15) is 13.2 Å². The highest BCUT2D eigenvalue weighted by Gasteiger charge is 2.35. The molecule has 1 aromatic carbocycles. The number of H-pyrrole nitrogens is 1. The predicted octanol–water partition coefficient (Wildman–Crippen LogP) is 2.88. The molecule has 1 atom stereocenters. The van der Waals surface area contributed by atoms with Gasteiger partial charge in [-0.05, 0) is 24.1 Å². The zero-order chi connectivity index (χ0) is 21.3. The first-order valence-corrected chi connectivity index (χ1v) is 9.49. The van der Waals surface area contributed by atoms with Crippen LogP contribution in [0.4, 0.5) is 19.0 Å². The number of hydrogen-bond acceptors (Lipinski definition) is 6. The molecule has 4 heterocycles. The summed E-state index contributed by atoms with van der Waals surface area (Å²) in [6.45, 7) is 2.91. The van der Waals surface area contributed by atoms with Crippen LogP contribution in [0.1, 0.15) is 11.3 Å². The van der Waals surface area contributed by atoms with Crippen molar-refractivity contribution >= 4 is 16.9 Å². The van der Waals surface area contributed by atoms with E-state index in [1.165, 1.54) is 5.56 Å². The van der Waals surface area contributed by atoms with E-state index < -0.39 is 11.9 Å². The lowest BCUT2D eigenvalue weighted by Gasteiger charge is -2.44. The van der Waals surface area contributed by atoms with Gasteiger partial charge >= 0.3 is 6.18 Å². The summed E-state index contributed by atoms with van der Waals surface area (Å²) in [4.78, 5) is 11.8. The quantitative estimate of drug-likeness (QED) is 0.662. The highest BCUT2D eigenvalue weighted by molar-refractivity contribution is 5.86. The molecule has 3 aromatic rings. The summed E-state index contributed by atoms with van der Waals surface area (Å²) in [6, 6.07) is 9.75. The minimum atomic E-state index is -4.42. The Morgan fingerprint density at radius 3 is 2.70 bits per heavy atom. The lowest BCUT2D eigenvalue weighted by molar-refractivity contribution is -0.140. The Balaban J connectivity index is 0.000000147. The van der Waals surface area contributed by atoms with Crippen molar-refractivity contribution in [3.8, 4) is 5.75 Å². The number of nitrogens with zero attached hydrogens (tertiary/aromatic N) is 3. The maximum absolute atomic E-state index is 12.2. The molecule has 0 aliphatic carbocycles. The molecule has 1 saturated heterocycles. The number of nitrogen functional groups attached to an aromatic ring is 1. The molecule has 0 radical (unpaired) electrons. The molecule has 2 aliphatic rings. The Bertz CT molecular complexity index is 1020. The fourth-order valence-electron chi connectivity index (χ4n) is 3.58. The number of fused-ring (bicyclic) bond motifs is 2. The molecule has 5 rings (SSSR count). The highest BCUT2D eigenvalue weighted by atomic mass is 19.4. The molecule has 30 heavy (non-hydrogen) atoms. The number of anilines is 1. The Morgan fingerprint density at radius 1 is 1.23 bits per heavy atom. The highest BCUT2D eigenvalue weighted by Crippen LogP contribution is 2.31. The summed E-state index contributed by atoms with van der Waals surface area (Å²) < 4.78 is 47.8. The maximum atomic E-state index is 12.2. The van der Waals surface area contributed by atoms with Crippen molar-refractivity contribution in [1.82, 2.24) is 19.9 Å². The van der Waals surface area contributed by atoms with Gasteiger partial charge in [-0.15, -0.1) is 0 Å². The third-order valence-corrected chi connectivity index (χ3v) is 5.35. The SMILES string of the molecule is COC1CN(C2COc3ccccc3C2)C1.Nc1ncnc2[nH]c(C(F)(F)F)cc12. The molecule has 2 aromatic heterocycles. The molecule has 1 fully saturated rings. The third-order valence-electron chi connectivity index (χ3n) is 5.35. The Hall–Kier alpha value is -2.85. The summed E-state index contributed by atoms with van der Waals surface area (Å²) in [6.07, 6.45) is -1.79. The van der Waals surface area contributed by atoms with Crippen molar-refractivity contribution in [3.63, 3.8) is 0 Å². The van der Waals surface area contributed by atoms with Gasteiger partial charge in [0.05, 0.1) is 11.5 Å². The number of benzene rings is 1. The molecule has 0 saturated carbocycles. The molecule has 10 heteroatoms. The zero-order valence-corrected chi connectivity index (χ0v) is 16.3. The number of methoxy groups -OCH3 is 1. The number of halogens is 3. The van der Waals surface area contributed by atoms with Gasteiger partial charge in [0.2, 0.25) is 0 Å². The number of nitrogens with one attached hydrogen (secondary N) is 1. The van der Waals surface area contributed by atoms with E-state index in [-0.39, 0.29) is 16.9 Å². The van der Waals surface area contributed by atoms with Gasteiger partial charge < -0.3 is 20.2 Å². The summed E-state index contributed by atoms with van der Waals surface area (Å²) in [5.74, 6) is 1.09. The molecule has 0 amide bonds. The van der Waals surface area contributed by atoms with Crippen LogP contribution in [0.25, 0.3) is 11.0 Å². The molecule has 3 N–H and O–H groups in total. The molecule has 7 nitrogen and oxygen atoms in total. The number of likely N-dealkylation sites (tertiary alicyclic amines) is 1. The van der Waals surface area contributed by atoms with E-state index in [0.717, 1.165) is 44.3 Å². The van der Waals surface area contributed by atoms with E-state index in [1.54, 1.807) is 7.11 Å². The van der Waals surface area contributed by atoms with Crippen molar-refractivity contribution in [2.24, 2.45) is 0 Å². The van der Waals surface area contributed by atoms with Crippen LogP contribution in [0.3, 0.4) is 0 Å². The van der Waals surface area contributed by atoms with E-state index in [0.29, 0.717) is 12.1 Å². The lowest BCUT2D eigenvalue weighted by Crippen LogP contribution is -2.58. The fraction of sp³-hybridized carbons (Fsp3) is 0.400. The van der Waals surface area contributed by atoms with Gasteiger partial charge in [0.25, 0.3) is 0 Å². The van der Waals surface area contributed by atoms with Crippen molar-refractivity contribution in [1.29, 1.82) is 0 Å². The lowest BCUT2D eigenvalue weighted by atomic mass is 9.98. The van der Waals surface area contributed by atoms with Crippen molar-refractivity contribution < 1.29 is 22.6 Å². The number of ether oxygens (including phenoxy) is 2. The number of alkyl halides is 3. The second kappa shape index (κ2) is 8.11. The first-order valence-electron chi connectivity index (χ1n) is 9.49. The predicted molar refractivity (Wildman–Crippen MR) is 105 cm³/mol. The zero-order valence-electron chi connectivity index (χ0n) is 16.3. The first kappa shape index (κ1) is 20.4. The third kappa shape index (κ3) is 4.19. The maximum Gasteiger partial charge on any atom is 0.431 e. The van der Waals surface area contributed by atoms with Gasteiger partial charge in [-0.25, -0.2) is 9.97 Å². The largest absolute Gasteiger partial charge is 0.492 e. The van der Waals surface area contributed by atoms with Crippen molar-refractivity contribution in [2.75, 3.05) is 32.5 Å². The number of nitrogens with two attached hydrogens (primary N) is 1. The molecule has 0 spiro atoms. The van der Waals surface area contributed by atoms with Gasteiger partial charge in [-0.1, -0.05) is 18.2 Å². The Labute approximate surface area is 171 Å². The average Bonchev–Trinajstić information content (AvgIpc) is 3.14. The minimum Gasteiger partial charge on any atom is -0.492 e. The van der Waals surface area contributed by atoms with Crippen LogP contribution < -0.4 is 10.5 Å². The standard InChI is InChI=1S/C13H17NO2.C7H5F3N4/c1-15-12-7-14(8-12)11-6-10-4-2-3-5-13(10)16-9-11;8-7(9,10)4-1-3-5(11)12-2-13-6(3)14-4/h2-5,11-12H,6-9H2,1H3;1-2H,(H3,11,12,13,14). The van der Waals surface area contributed by atoms with Crippen LogP contribution in [-0.2, 0) is 17.3 Å². The Kier molecular flexibility index (Phi) is 5.52. The van der Waals surface area contributed by atoms with Crippen molar-refractivity contribution in [3.05, 3.63) is 47.9 Å². The van der Waals surface area contributed by atoms with Crippen molar-refractivity contribution in [2.45, 2.75) is 24.7 Å². The van der Waals surface area contributed by atoms with E-state index in [4.69, 9.17) is 15.2 Å². The molecular weight excluding hydrogens is 399 g/mol. The molecule has 0 bridgehead atoms. The summed E-state index contributed by atoms with van der Waals surface area (Å²) in [7, 11) is 1.79. The van der Waals surface area contributed by atoms with Crippen LogP contribution in [-0.4, -0.2) is 58.8 Å². The normalized spacial score (nSPS) is 19.4. The van der Waals surface area contributed by atoms with Gasteiger partial charge in [0.1, 0.15) is 35.8 Å².